The van der Waals surface area contributed by atoms with Crippen LogP contribution in [0.1, 0.15) is 32.6 Å². The van der Waals surface area contributed by atoms with E-state index in [4.69, 9.17) is 4.43 Å². The predicted molar refractivity (Wildman–Crippen MR) is 141 cm³/mol. The van der Waals surface area contributed by atoms with Crippen molar-refractivity contribution in [1.82, 2.24) is 14.5 Å². The lowest BCUT2D eigenvalue weighted by Crippen LogP contribution is -2.66. The zero-order valence-electron chi connectivity index (χ0n) is 20.6. The molecular formula is C27H33N5OSi. The van der Waals surface area contributed by atoms with Gasteiger partial charge in [0.25, 0.3) is 8.32 Å². The monoisotopic (exact) mass is 471 g/mol. The van der Waals surface area contributed by atoms with Crippen molar-refractivity contribution in [1.29, 1.82) is 5.26 Å². The van der Waals surface area contributed by atoms with Crippen LogP contribution in [0.25, 0.3) is 0 Å². The quantitative estimate of drug-likeness (QED) is 0.200. The maximum absolute atomic E-state index is 10.4. The molecule has 1 aromatic heterocycles. The van der Waals surface area contributed by atoms with Crippen LogP contribution in [0.5, 0.6) is 0 Å². The third-order valence-corrected chi connectivity index (χ3v) is 10.6. The summed E-state index contributed by atoms with van der Waals surface area (Å²) in [4.78, 5) is 11.1. The summed E-state index contributed by atoms with van der Waals surface area (Å²) in [6.07, 6.45) is 4.28. The van der Waals surface area contributed by atoms with Crippen LogP contribution in [-0.4, -0.2) is 43.2 Å². The molecule has 3 rings (SSSR count). The number of benzene rings is 2. The van der Waals surface area contributed by atoms with Gasteiger partial charge in [0.1, 0.15) is 11.8 Å². The van der Waals surface area contributed by atoms with E-state index in [1.165, 1.54) is 0 Å². The summed E-state index contributed by atoms with van der Waals surface area (Å²) >= 11 is 0. The molecule has 3 aromatic rings. The fourth-order valence-electron chi connectivity index (χ4n) is 4.17. The highest BCUT2D eigenvalue weighted by atomic mass is 28.4. The first-order chi connectivity index (χ1) is 16.2. The fourth-order valence-corrected chi connectivity index (χ4v) is 8.70. The van der Waals surface area contributed by atoms with Crippen molar-refractivity contribution in [2.24, 2.45) is 4.99 Å². The SMILES string of the molecule is C=CCn1cnc([C@@H](C#N)O[Si](c2ccccc2)(c2ccccc2)C(C)(C)C)c1/N=C/N(C)C. The molecule has 34 heavy (non-hydrogen) atoms. The van der Waals surface area contributed by atoms with Crippen molar-refractivity contribution < 1.29 is 4.43 Å². The topological polar surface area (TPSA) is 66.4 Å². The maximum Gasteiger partial charge on any atom is 0.263 e. The van der Waals surface area contributed by atoms with E-state index in [1.807, 2.05) is 60.0 Å². The lowest BCUT2D eigenvalue weighted by atomic mass is 10.2. The minimum atomic E-state index is -2.95. The Morgan fingerprint density at radius 2 is 1.68 bits per heavy atom. The lowest BCUT2D eigenvalue weighted by molar-refractivity contribution is 0.241. The molecular weight excluding hydrogens is 438 g/mol. The zero-order valence-corrected chi connectivity index (χ0v) is 21.6. The second-order valence-electron chi connectivity index (χ2n) is 9.39. The van der Waals surface area contributed by atoms with Crippen LogP contribution in [0.15, 0.2) is 84.6 Å². The minimum Gasteiger partial charge on any atom is -0.387 e. The number of imidazole rings is 1. The summed E-state index contributed by atoms with van der Waals surface area (Å²) in [6.45, 7) is 10.9. The molecule has 6 nitrogen and oxygen atoms in total. The molecule has 0 unspecified atom stereocenters. The van der Waals surface area contributed by atoms with Crippen LogP contribution in [0.4, 0.5) is 5.82 Å². The van der Waals surface area contributed by atoms with Crippen molar-refractivity contribution in [3.63, 3.8) is 0 Å². The standard InChI is InChI=1S/C27H33N5OSi/c1-7-18-32-21-29-25(26(32)30-20-31(5)6)24(19-28)33-34(27(2,3)4,22-14-10-8-11-15-22)23-16-12-9-13-17-23/h7-17,20-21,24H,1,18H2,2-6H3/b30-20+/t24-/m1/s1. The summed E-state index contributed by atoms with van der Waals surface area (Å²) in [6, 6.07) is 23.0. The second-order valence-corrected chi connectivity index (χ2v) is 13.6. The number of rotatable bonds is 9. The summed E-state index contributed by atoms with van der Waals surface area (Å²) in [7, 11) is 0.854. The molecule has 0 amide bonds. The van der Waals surface area contributed by atoms with E-state index < -0.39 is 14.4 Å². The third-order valence-electron chi connectivity index (χ3n) is 5.65. The molecule has 0 saturated carbocycles. The van der Waals surface area contributed by atoms with Gasteiger partial charge in [0.2, 0.25) is 0 Å². The molecule has 0 aliphatic rings. The van der Waals surface area contributed by atoms with E-state index >= 15 is 0 Å². The van der Waals surface area contributed by atoms with E-state index in [2.05, 4.69) is 67.7 Å². The Labute approximate surface area is 204 Å². The highest BCUT2D eigenvalue weighted by Gasteiger charge is 2.52. The van der Waals surface area contributed by atoms with E-state index in [1.54, 1.807) is 18.7 Å². The second kappa shape index (κ2) is 10.6. The van der Waals surface area contributed by atoms with Crippen LogP contribution in [0.3, 0.4) is 0 Å². The van der Waals surface area contributed by atoms with Gasteiger partial charge in [-0.25, -0.2) is 9.98 Å². The van der Waals surface area contributed by atoms with E-state index in [-0.39, 0.29) is 5.04 Å². The molecule has 7 heteroatoms. The molecule has 0 N–H and O–H groups in total. The Balaban J connectivity index is 2.22. The van der Waals surface area contributed by atoms with Crippen LogP contribution in [0.2, 0.25) is 5.04 Å². The first kappa shape index (κ1) is 25.2. The largest absolute Gasteiger partial charge is 0.387 e. The number of aromatic nitrogens is 2. The number of aliphatic imine (C=N–C) groups is 1. The van der Waals surface area contributed by atoms with E-state index in [0.717, 1.165) is 10.4 Å². The number of hydrogen-bond donors (Lipinski definition) is 0. The first-order valence-corrected chi connectivity index (χ1v) is 13.2. The Kier molecular flexibility index (Phi) is 7.87. The van der Waals surface area contributed by atoms with Gasteiger partial charge in [0.05, 0.1) is 12.7 Å². The van der Waals surface area contributed by atoms with Gasteiger partial charge in [0.15, 0.2) is 11.9 Å². The first-order valence-electron chi connectivity index (χ1n) is 11.3. The van der Waals surface area contributed by atoms with E-state index in [9.17, 15) is 5.26 Å². The van der Waals surface area contributed by atoms with Gasteiger partial charge < -0.3 is 13.9 Å². The molecule has 0 bridgehead atoms. The zero-order chi connectivity index (χ0) is 24.8. The summed E-state index contributed by atoms with van der Waals surface area (Å²) < 4.78 is 8.91. The van der Waals surface area contributed by atoms with E-state index in [0.29, 0.717) is 18.1 Å². The molecule has 0 saturated heterocycles. The summed E-state index contributed by atoms with van der Waals surface area (Å²) in [5.41, 5.74) is 0.510. The molecule has 0 radical (unpaired) electrons. The minimum absolute atomic E-state index is 0.262. The number of nitriles is 1. The van der Waals surface area contributed by atoms with Crippen molar-refractivity contribution in [3.8, 4) is 6.07 Å². The van der Waals surface area contributed by atoms with Gasteiger partial charge >= 0.3 is 0 Å². The smallest absolute Gasteiger partial charge is 0.263 e. The Hall–Kier alpha value is -3.47. The molecule has 1 atom stereocenters. The van der Waals surface area contributed by atoms with Gasteiger partial charge in [-0.1, -0.05) is 87.5 Å². The molecule has 0 fully saturated rings. The molecule has 2 aromatic carbocycles. The average Bonchev–Trinajstić information content (AvgIpc) is 3.21. The molecule has 0 spiro atoms. The number of allylic oxidation sites excluding steroid dienone is 1. The van der Waals surface area contributed by atoms with Crippen molar-refractivity contribution in [2.75, 3.05) is 14.1 Å². The third kappa shape index (κ3) is 5.03. The number of hydrogen-bond acceptors (Lipinski definition) is 4. The van der Waals surface area contributed by atoms with Crippen LogP contribution >= 0.6 is 0 Å². The lowest BCUT2D eigenvalue weighted by Gasteiger charge is -2.43. The van der Waals surface area contributed by atoms with Gasteiger partial charge in [0, 0.05) is 20.6 Å². The highest BCUT2D eigenvalue weighted by Crippen LogP contribution is 2.40. The van der Waals surface area contributed by atoms with Gasteiger partial charge in [-0.15, -0.1) is 6.58 Å². The maximum atomic E-state index is 10.4. The van der Waals surface area contributed by atoms with Gasteiger partial charge in [-0.2, -0.15) is 5.26 Å². The van der Waals surface area contributed by atoms with Gasteiger partial charge in [-0.05, 0) is 15.4 Å². The molecule has 0 aliphatic heterocycles. The molecule has 176 valence electrons. The normalized spacial score (nSPS) is 12.9. The average molecular weight is 472 g/mol. The van der Waals surface area contributed by atoms with Crippen LogP contribution in [0, 0.1) is 11.3 Å². The van der Waals surface area contributed by atoms with Crippen molar-refractivity contribution in [3.05, 3.63) is 85.3 Å². The van der Waals surface area contributed by atoms with Crippen molar-refractivity contribution >= 4 is 30.8 Å². The molecule has 0 aliphatic carbocycles. The van der Waals surface area contributed by atoms with Crippen molar-refractivity contribution in [2.45, 2.75) is 38.5 Å². The summed E-state index contributed by atoms with van der Waals surface area (Å²) in [5.74, 6) is 0.595. The van der Waals surface area contributed by atoms with Gasteiger partial charge in [-0.3, -0.25) is 0 Å². The highest BCUT2D eigenvalue weighted by molar-refractivity contribution is 6.99. The predicted octanol–water partition coefficient (Wildman–Crippen LogP) is 4.43. The summed E-state index contributed by atoms with van der Waals surface area (Å²) in [5, 5.41) is 12.3. The Morgan fingerprint density at radius 3 is 2.12 bits per heavy atom. The fraction of sp³-hybridized carbons (Fsp3) is 0.296. The van der Waals surface area contributed by atoms with Crippen LogP contribution in [-0.2, 0) is 11.0 Å². The number of nitrogens with zero attached hydrogens (tertiary/aromatic N) is 5. The molecule has 1 heterocycles. The Bertz CT molecular complexity index is 1120. The Morgan fingerprint density at radius 1 is 1.12 bits per heavy atom. The van der Waals surface area contributed by atoms with Crippen LogP contribution < -0.4 is 10.4 Å².